The highest BCUT2D eigenvalue weighted by Gasteiger charge is 2.45. The van der Waals surface area contributed by atoms with E-state index in [9.17, 15) is 14.7 Å². The number of imidazole rings is 1. The lowest BCUT2D eigenvalue weighted by atomic mass is 9.70. The lowest BCUT2D eigenvalue weighted by molar-refractivity contribution is 0.0696. The third-order valence-corrected chi connectivity index (χ3v) is 6.21. The number of anilines is 1. The van der Waals surface area contributed by atoms with Crippen LogP contribution in [0, 0.1) is 0 Å². The zero-order valence-electron chi connectivity index (χ0n) is 15.5. The number of carboxylic acids is 1. The van der Waals surface area contributed by atoms with Gasteiger partial charge in [0.1, 0.15) is 11.3 Å². The first kappa shape index (κ1) is 17.0. The molecule has 6 heteroatoms. The number of carbonyl (C=O) groups is 2. The smallest absolute Gasteiger partial charge is 0.335 e. The summed E-state index contributed by atoms with van der Waals surface area (Å²) in [5.74, 6) is -1.06. The van der Waals surface area contributed by atoms with E-state index in [0.29, 0.717) is 12.2 Å². The minimum Gasteiger partial charge on any atom is -0.478 e. The first-order valence-corrected chi connectivity index (χ1v) is 9.71. The zero-order valence-corrected chi connectivity index (χ0v) is 15.5. The minimum absolute atomic E-state index is 0.129. The molecule has 2 aromatic heterocycles. The minimum atomic E-state index is -0.932. The normalized spacial score (nSPS) is 17.8. The summed E-state index contributed by atoms with van der Waals surface area (Å²) < 4.78 is 1.84. The van der Waals surface area contributed by atoms with E-state index in [4.69, 9.17) is 0 Å². The number of fused-ring (bicyclic) bond motifs is 3. The van der Waals surface area contributed by atoms with E-state index in [2.05, 4.69) is 4.98 Å². The Bertz CT molecular complexity index is 1060. The molecule has 1 fully saturated rings. The van der Waals surface area contributed by atoms with Crippen LogP contribution >= 0.6 is 0 Å². The van der Waals surface area contributed by atoms with Crippen molar-refractivity contribution in [3.05, 3.63) is 65.6 Å². The summed E-state index contributed by atoms with van der Waals surface area (Å²) in [6.07, 6.45) is 9.00. The van der Waals surface area contributed by atoms with E-state index in [1.165, 1.54) is 6.42 Å². The second kappa shape index (κ2) is 6.19. The van der Waals surface area contributed by atoms with Gasteiger partial charge in [0.05, 0.1) is 5.56 Å². The number of carbonyl (C=O) groups excluding carboxylic acids is 1. The Labute approximate surface area is 162 Å². The number of amides is 1. The second-order valence-corrected chi connectivity index (χ2v) is 7.86. The Morgan fingerprint density at radius 1 is 1.07 bits per heavy atom. The molecule has 3 heterocycles. The van der Waals surface area contributed by atoms with E-state index in [1.54, 1.807) is 29.3 Å². The highest BCUT2D eigenvalue weighted by Crippen LogP contribution is 2.49. The number of carboxylic acid groups (broad SMARTS) is 1. The van der Waals surface area contributed by atoms with Gasteiger partial charge in [-0.3, -0.25) is 4.79 Å². The molecule has 0 bridgehead atoms. The molecular formula is C22H21N3O3. The number of aromatic nitrogens is 2. The number of pyridine rings is 1. The third kappa shape index (κ3) is 2.52. The summed E-state index contributed by atoms with van der Waals surface area (Å²) in [5.41, 5.74) is 3.11. The summed E-state index contributed by atoms with van der Waals surface area (Å²) in [5, 5.41) is 9.44. The van der Waals surface area contributed by atoms with Gasteiger partial charge in [0.25, 0.3) is 5.91 Å². The number of benzene rings is 1. The molecule has 142 valence electrons. The third-order valence-electron chi connectivity index (χ3n) is 6.21. The molecule has 1 amide bonds. The van der Waals surface area contributed by atoms with Crippen molar-refractivity contribution in [2.45, 2.75) is 37.5 Å². The van der Waals surface area contributed by atoms with Gasteiger partial charge in [-0.15, -0.1) is 0 Å². The van der Waals surface area contributed by atoms with E-state index < -0.39 is 5.97 Å². The fourth-order valence-corrected chi connectivity index (χ4v) is 4.82. The van der Waals surface area contributed by atoms with Gasteiger partial charge in [0, 0.05) is 30.0 Å². The lowest BCUT2D eigenvalue weighted by Gasteiger charge is -2.34. The number of aromatic carboxylic acids is 1. The summed E-state index contributed by atoms with van der Waals surface area (Å²) in [4.78, 5) is 31.2. The first-order valence-electron chi connectivity index (χ1n) is 9.71. The number of hydrogen-bond donors (Lipinski definition) is 1. The largest absolute Gasteiger partial charge is 0.478 e. The molecule has 1 aliphatic carbocycles. The molecule has 1 saturated carbocycles. The molecule has 0 atom stereocenters. The summed E-state index contributed by atoms with van der Waals surface area (Å²) in [7, 11) is 0. The molecule has 1 aliphatic heterocycles. The van der Waals surface area contributed by atoms with Crippen molar-refractivity contribution < 1.29 is 14.7 Å². The Morgan fingerprint density at radius 2 is 1.89 bits per heavy atom. The zero-order chi connectivity index (χ0) is 19.3. The number of rotatable bonds is 2. The standard InChI is InChI=1S/C22H21N3O3/c26-20(17-13-24-11-5-2-6-19(24)23-17)25-14-22(9-3-1-4-10-22)16-12-15(21(27)28)7-8-18(16)25/h2,5-8,11-13H,1,3-4,9-10,14H2,(H,27,28). The topological polar surface area (TPSA) is 74.9 Å². The second-order valence-electron chi connectivity index (χ2n) is 7.86. The van der Waals surface area contributed by atoms with Crippen molar-refractivity contribution in [3.63, 3.8) is 0 Å². The monoisotopic (exact) mass is 375 g/mol. The van der Waals surface area contributed by atoms with Crippen molar-refractivity contribution in [3.8, 4) is 0 Å². The van der Waals surface area contributed by atoms with Gasteiger partial charge < -0.3 is 14.4 Å². The maximum atomic E-state index is 13.4. The van der Waals surface area contributed by atoms with Crippen molar-refractivity contribution in [2.24, 2.45) is 0 Å². The molecule has 1 N–H and O–H groups in total. The maximum absolute atomic E-state index is 13.4. The Hall–Kier alpha value is -3.15. The van der Waals surface area contributed by atoms with Crippen LogP contribution in [0.4, 0.5) is 5.69 Å². The van der Waals surface area contributed by atoms with Gasteiger partial charge >= 0.3 is 5.97 Å². The summed E-state index contributed by atoms with van der Waals surface area (Å²) in [6, 6.07) is 10.8. The highest BCUT2D eigenvalue weighted by atomic mass is 16.4. The fraction of sp³-hybridized carbons (Fsp3) is 0.318. The van der Waals surface area contributed by atoms with Crippen LogP contribution in [0.3, 0.4) is 0 Å². The molecule has 28 heavy (non-hydrogen) atoms. The van der Waals surface area contributed by atoms with Crippen LogP contribution in [-0.4, -0.2) is 32.9 Å². The molecule has 5 rings (SSSR count). The molecule has 0 unspecified atom stereocenters. The molecule has 1 spiro atoms. The number of hydrogen-bond acceptors (Lipinski definition) is 3. The average Bonchev–Trinajstić information content (AvgIpc) is 3.28. The van der Waals surface area contributed by atoms with Crippen molar-refractivity contribution in [2.75, 3.05) is 11.4 Å². The van der Waals surface area contributed by atoms with Crippen LogP contribution in [-0.2, 0) is 5.41 Å². The molecule has 0 radical (unpaired) electrons. The van der Waals surface area contributed by atoms with Crippen LogP contribution in [0.1, 0.15) is 58.5 Å². The average molecular weight is 375 g/mol. The summed E-state index contributed by atoms with van der Waals surface area (Å²) >= 11 is 0. The first-order chi connectivity index (χ1) is 13.6. The molecule has 1 aromatic carbocycles. The van der Waals surface area contributed by atoms with Crippen LogP contribution in [0.2, 0.25) is 0 Å². The van der Waals surface area contributed by atoms with Gasteiger partial charge in [-0.1, -0.05) is 25.3 Å². The Morgan fingerprint density at radius 3 is 2.64 bits per heavy atom. The molecule has 3 aromatic rings. The van der Waals surface area contributed by atoms with Crippen molar-refractivity contribution >= 4 is 23.2 Å². The van der Waals surface area contributed by atoms with Crippen molar-refractivity contribution in [1.29, 1.82) is 0 Å². The predicted octanol–water partition coefficient (Wildman–Crippen LogP) is 3.89. The SMILES string of the molecule is O=C(O)c1ccc2c(c1)C1(CCCCC1)CN2C(=O)c1cn2ccccc2n1. The molecule has 6 nitrogen and oxygen atoms in total. The van der Waals surface area contributed by atoms with E-state index in [0.717, 1.165) is 42.6 Å². The fourth-order valence-electron chi connectivity index (χ4n) is 4.82. The quantitative estimate of drug-likeness (QED) is 0.737. The van der Waals surface area contributed by atoms with Crippen LogP contribution in [0.5, 0.6) is 0 Å². The Kier molecular flexibility index (Phi) is 3.75. The van der Waals surface area contributed by atoms with Gasteiger partial charge in [-0.05, 0) is 48.7 Å². The molecule has 2 aliphatic rings. The van der Waals surface area contributed by atoms with E-state index >= 15 is 0 Å². The van der Waals surface area contributed by atoms with Gasteiger partial charge in [-0.25, -0.2) is 9.78 Å². The van der Waals surface area contributed by atoms with E-state index in [1.807, 2.05) is 28.8 Å². The molecule has 0 saturated heterocycles. The van der Waals surface area contributed by atoms with E-state index in [-0.39, 0.29) is 16.9 Å². The Balaban J connectivity index is 1.59. The maximum Gasteiger partial charge on any atom is 0.335 e. The van der Waals surface area contributed by atoms with Crippen LogP contribution in [0.15, 0.2) is 48.8 Å². The number of nitrogens with zero attached hydrogens (tertiary/aromatic N) is 3. The van der Waals surface area contributed by atoms with Gasteiger partial charge in [0.2, 0.25) is 0 Å². The highest BCUT2D eigenvalue weighted by molar-refractivity contribution is 6.07. The van der Waals surface area contributed by atoms with Crippen molar-refractivity contribution in [1.82, 2.24) is 9.38 Å². The van der Waals surface area contributed by atoms with Crippen LogP contribution < -0.4 is 4.90 Å². The van der Waals surface area contributed by atoms with Gasteiger partial charge in [0.15, 0.2) is 0 Å². The predicted molar refractivity (Wildman–Crippen MR) is 105 cm³/mol. The van der Waals surface area contributed by atoms with Crippen LogP contribution in [0.25, 0.3) is 5.65 Å². The van der Waals surface area contributed by atoms with Gasteiger partial charge in [-0.2, -0.15) is 0 Å². The summed E-state index contributed by atoms with van der Waals surface area (Å²) in [6.45, 7) is 0.595. The lowest BCUT2D eigenvalue weighted by Crippen LogP contribution is -2.38. The molecular weight excluding hydrogens is 354 g/mol.